The lowest BCUT2D eigenvalue weighted by atomic mass is 9.95. The van der Waals surface area contributed by atoms with E-state index in [2.05, 4.69) is 62.5 Å². The van der Waals surface area contributed by atoms with E-state index in [4.69, 9.17) is 11.6 Å². The fourth-order valence-electron chi connectivity index (χ4n) is 2.55. The highest BCUT2D eigenvalue weighted by molar-refractivity contribution is 6.31. The molecule has 0 aliphatic rings. The Hall–Kier alpha value is -1.31. The molecule has 2 heteroatoms. The Balaban J connectivity index is 2.16. The van der Waals surface area contributed by atoms with Gasteiger partial charge in [0.2, 0.25) is 0 Å². The van der Waals surface area contributed by atoms with Crippen molar-refractivity contribution < 1.29 is 0 Å². The number of likely N-dealkylation sites (N-methyl/N-ethyl adjacent to an activating group) is 1. The number of rotatable bonds is 5. The van der Waals surface area contributed by atoms with Crippen LogP contribution in [0.1, 0.15) is 48.1 Å². The van der Waals surface area contributed by atoms with Gasteiger partial charge in [0.05, 0.1) is 0 Å². The Bertz CT molecular complexity index is 587. The van der Waals surface area contributed by atoms with Crippen LogP contribution in [0.5, 0.6) is 0 Å². The van der Waals surface area contributed by atoms with Gasteiger partial charge in [-0.2, -0.15) is 0 Å². The van der Waals surface area contributed by atoms with Crippen molar-refractivity contribution in [2.45, 2.75) is 39.2 Å². The van der Waals surface area contributed by atoms with Gasteiger partial charge in [0, 0.05) is 11.1 Å². The van der Waals surface area contributed by atoms with Crippen LogP contribution in [0.15, 0.2) is 42.5 Å². The Labute approximate surface area is 133 Å². The molecule has 0 saturated heterocycles. The van der Waals surface area contributed by atoms with E-state index < -0.39 is 0 Å². The predicted octanol–water partition coefficient (Wildman–Crippen LogP) is 5.28. The lowest BCUT2D eigenvalue weighted by molar-refractivity contribution is 0.591. The maximum Gasteiger partial charge on any atom is 0.0435 e. The normalized spacial score (nSPS) is 12.7. The molecular weight excluding hydrogens is 278 g/mol. The topological polar surface area (TPSA) is 12.0 Å². The standard InChI is InChI=1S/C19H24ClN/c1-13(2)16-7-5-15(6-8-16)12-19(21-4)17-9-10-18(20)14(3)11-17/h5-11,13,19,21H,12H2,1-4H3. The van der Waals surface area contributed by atoms with Crippen LogP contribution in [0.4, 0.5) is 0 Å². The van der Waals surface area contributed by atoms with Crippen LogP contribution < -0.4 is 5.32 Å². The molecule has 1 unspecified atom stereocenters. The van der Waals surface area contributed by atoms with Crippen LogP contribution in [-0.4, -0.2) is 7.05 Å². The first-order chi connectivity index (χ1) is 10.0. The molecule has 0 aliphatic carbocycles. The number of halogens is 1. The maximum absolute atomic E-state index is 6.12. The summed E-state index contributed by atoms with van der Waals surface area (Å²) in [6, 6.07) is 15.5. The molecule has 0 fully saturated rings. The monoisotopic (exact) mass is 301 g/mol. The van der Waals surface area contributed by atoms with E-state index in [1.807, 2.05) is 13.1 Å². The number of aryl methyl sites for hydroxylation is 1. The van der Waals surface area contributed by atoms with Crippen LogP contribution in [-0.2, 0) is 6.42 Å². The highest BCUT2D eigenvalue weighted by Gasteiger charge is 2.11. The lowest BCUT2D eigenvalue weighted by Crippen LogP contribution is -2.19. The van der Waals surface area contributed by atoms with E-state index in [1.54, 1.807) is 0 Å². The van der Waals surface area contributed by atoms with Crippen molar-refractivity contribution >= 4 is 11.6 Å². The Morgan fingerprint density at radius 3 is 2.14 bits per heavy atom. The van der Waals surface area contributed by atoms with Gasteiger partial charge < -0.3 is 5.32 Å². The fourth-order valence-corrected chi connectivity index (χ4v) is 2.66. The van der Waals surface area contributed by atoms with E-state index in [9.17, 15) is 0 Å². The molecule has 0 radical (unpaired) electrons. The van der Waals surface area contributed by atoms with Crippen LogP contribution in [0.2, 0.25) is 5.02 Å². The third kappa shape index (κ3) is 4.09. The van der Waals surface area contributed by atoms with Gasteiger partial charge in [0.25, 0.3) is 0 Å². The quantitative estimate of drug-likeness (QED) is 0.792. The van der Waals surface area contributed by atoms with Gasteiger partial charge in [-0.05, 0) is 54.6 Å². The number of hydrogen-bond donors (Lipinski definition) is 1. The lowest BCUT2D eigenvalue weighted by Gasteiger charge is -2.18. The van der Waals surface area contributed by atoms with Crippen molar-refractivity contribution in [1.82, 2.24) is 5.32 Å². The molecule has 1 N–H and O–H groups in total. The molecule has 0 bridgehead atoms. The van der Waals surface area contributed by atoms with Gasteiger partial charge in [0.1, 0.15) is 0 Å². The third-order valence-corrected chi connectivity index (χ3v) is 4.44. The van der Waals surface area contributed by atoms with Crippen molar-refractivity contribution in [3.05, 3.63) is 69.7 Å². The van der Waals surface area contributed by atoms with Crippen LogP contribution in [0.3, 0.4) is 0 Å². The number of benzene rings is 2. The van der Waals surface area contributed by atoms with E-state index >= 15 is 0 Å². The van der Waals surface area contributed by atoms with Crippen molar-refractivity contribution in [2.24, 2.45) is 0 Å². The Morgan fingerprint density at radius 1 is 1.00 bits per heavy atom. The molecule has 1 nitrogen and oxygen atoms in total. The average molecular weight is 302 g/mol. The molecule has 1 atom stereocenters. The Kier molecular flexibility index (Phi) is 5.44. The number of hydrogen-bond acceptors (Lipinski definition) is 1. The van der Waals surface area contributed by atoms with Crippen molar-refractivity contribution in [3.63, 3.8) is 0 Å². The van der Waals surface area contributed by atoms with Gasteiger partial charge >= 0.3 is 0 Å². The highest BCUT2D eigenvalue weighted by atomic mass is 35.5. The summed E-state index contributed by atoms with van der Waals surface area (Å²) in [5, 5.41) is 4.24. The summed E-state index contributed by atoms with van der Waals surface area (Å²) in [5.74, 6) is 0.582. The third-order valence-electron chi connectivity index (χ3n) is 4.02. The molecule has 0 heterocycles. The molecule has 112 valence electrons. The molecule has 0 aromatic heterocycles. The maximum atomic E-state index is 6.12. The molecule has 0 amide bonds. The second kappa shape index (κ2) is 7.11. The smallest absolute Gasteiger partial charge is 0.0435 e. The molecule has 2 aromatic carbocycles. The van der Waals surface area contributed by atoms with E-state index in [1.165, 1.54) is 16.7 Å². The zero-order chi connectivity index (χ0) is 15.4. The van der Waals surface area contributed by atoms with Gasteiger partial charge in [-0.1, -0.05) is 61.8 Å². The van der Waals surface area contributed by atoms with Gasteiger partial charge in [-0.25, -0.2) is 0 Å². The molecule has 0 aliphatic heterocycles. The van der Waals surface area contributed by atoms with Gasteiger partial charge in [-0.3, -0.25) is 0 Å². The first-order valence-electron chi connectivity index (χ1n) is 7.53. The van der Waals surface area contributed by atoms with Crippen LogP contribution in [0.25, 0.3) is 0 Å². The minimum Gasteiger partial charge on any atom is -0.313 e. The largest absolute Gasteiger partial charge is 0.313 e. The zero-order valence-corrected chi connectivity index (χ0v) is 14.0. The molecule has 0 spiro atoms. The van der Waals surface area contributed by atoms with Crippen LogP contribution >= 0.6 is 11.6 Å². The minimum absolute atomic E-state index is 0.311. The Morgan fingerprint density at radius 2 is 1.62 bits per heavy atom. The first kappa shape index (κ1) is 16.1. The van der Waals surface area contributed by atoms with Gasteiger partial charge in [-0.15, -0.1) is 0 Å². The average Bonchev–Trinajstić information content (AvgIpc) is 2.48. The molecular formula is C19H24ClN. The van der Waals surface area contributed by atoms with Crippen molar-refractivity contribution in [2.75, 3.05) is 7.05 Å². The minimum atomic E-state index is 0.311. The van der Waals surface area contributed by atoms with Crippen molar-refractivity contribution in [1.29, 1.82) is 0 Å². The van der Waals surface area contributed by atoms with Crippen LogP contribution in [0, 0.1) is 6.92 Å². The number of nitrogens with one attached hydrogen (secondary N) is 1. The molecule has 0 saturated carbocycles. The molecule has 2 rings (SSSR count). The second-order valence-corrected chi connectivity index (χ2v) is 6.36. The second-order valence-electron chi connectivity index (χ2n) is 5.95. The summed E-state index contributed by atoms with van der Waals surface area (Å²) < 4.78 is 0. The zero-order valence-electron chi connectivity index (χ0n) is 13.3. The first-order valence-corrected chi connectivity index (χ1v) is 7.91. The summed E-state index contributed by atoms with van der Waals surface area (Å²) in [4.78, 5) is 0. The van der Waals surface area contributed by atoms with E-state index in [-0.39, 0.29) is 0 Å². The molecule has 21 heavy (non-hydrogen) atoms. The fraction of sp³-hybridized carbons (Fsp3) is 0.368. The summed E-state index contributed by atoms with van der Waals surface area (Å²) in [6.45, 7) is 6.50. The van der Waals surface area contributed by atoms with Gasteiger partial charge in [0.15, 0.2) is 0 Å². The summed E-state index contributed by atoms with van der Waals surface area (Å²) in [6.07, 6.45) is 0.982. The van der Waals surface area contributed by atoms with Crippen molar-refractivity contribution in [3.8, 4) is 0 Å². The SMILES string of the molecule is CNC(Cc1ccc(C(C)C)cc1)c1ccc(Cl)c(C)c1. The summed E-state index contributed by atoms with van der Waals surface area (Å²) >= 11 is 6.12. The summed E-state index contributed by atoms with van der Waals surface area (Å²) in [5.41, 5.74) is 5.16. The van der Waals surface area contributed by atoms with E-state index in [0.29, 0.717) is 12.0 Å². The predicted molar refractivity (Wildman–Crippen MR) is 92.2 cm³/mol. The van der Waals surface area contributed by atoms with E-state index in [0.717, 1.165) is 17.0 Å². The summed E-state index contributed by atoms with van der Waals surface area (Å²) in [7, 11) is 2.01. The highest BCUT2D eigenvalue weighted by Crippen LogP contribution is 2.24. The molecule has 2 aromatic rings.